The van der Waals surface area contributed by atoms with Gasteiger partial charge < -0.3 is 25.0 Å². The van der Waals surface area contributed by atoms with Gasteiger partial charge in [-0.3, -0.25) is 9.69 Å². The molecule has 0 radical (unpaired) electrons. The van der Waals surface area contributed by atoms with Crippen LogP contribution in [0.4, 0.5) is 10.5 Å². The van der Waals surface area contributed by atoms with Gasteiger partial charge in [0.05, 0.1) is 11.4 Å². The minimum atomic E-state index is -3.90. The van der Waals surface area contributed by atoms with E-state index in [4.69, 9.17) is 4.74 Å². The fraction of sp³-hybridized carbons (Fsp3) is 0.486. The van der Waals surface area contributed by atoms with Crippen molar-refractivity contribution < 1.29 is 27.9 Å². The van der Waals surface area contributed by atoms with Crippen LogP contribution in [0, 0.1) is 12.8 Å². The number of aliphatic hydroxyl groups is 1. The Kier molecular flexibility index (Phi) is 10.4. The number of carbonyl (C=O) groups is 2. The van der Waals surface area contributed by atoms with Crippen LogP contribution in [0.25, 0.3) is 10.8 Å². The summed E-state index contributed by atoms with van der Waals surface area (Å²) in [7, 11) is -3.90. The molecule has 0 aromatic heterocycles. The van der Waals surface area contributed by atoms with Gasteiger partial charge in [0.25, 0.3) is 0 Å². The van der Waals surface area contributed by atoms with E-state index in [9.17, 15) is 23.1 Å². The standard InChI is InChI=1S/C35H47N5O6S/c1-24-10-6-7-11-26(24)33(42)36-30-14-15-31(28-13-9-8-12-27(28)30)47(44,45)37-29-16-17-40(22-25(29)2)32(41)23-38-18-20-39(21-19-38)34(43)46-35(3,4)5/h6-15,25,29,33,36-37,42H,16-23H2,1-5H3/t25-,29?,33?/m1/s1. The van der Waals surface area contributed by atoms with E-state index in [2.05, 4.69) is 10.0 Å². The molecule has 2 aliphatic rings. The van der Waals surface area contributed by atoms with Gasteiger partial charge in [0, 0.05) is 67.3 Å². The molecule has 2 aliphatic heterocycles. The lowest BCUT2D eigenvalue weighted by molar-refractivity contribution is -0.134. The van der Waals surface area contributed by atoms with Gasteiger partial charge in [0.1, 0.15) is 5.60 Å². The van der Waals surface area contributed by atoms with Crippen LogP contribution in [0.2, 0.25) is 0 Å². The summed E-state index contributed by atoms with van der Waals surface area (Å²) in [4.78, 5) is 31.3. The Hall–Kier alpha value is -3.71. The van der Waals surface area contributed by atoms with Gasteiger partial charge >= 0.3 is 6.09 Å². The second-order valence-corrected chi connectivity index (χ2v) is 15.3. The number of hydrogen-bond acceptors (Lipinski definition) is 8. The molecule has 11 nitrogen and oxygen atoms in total. The Balaban J connectivity index is 1.19. The molecule has 0 saturated carbocycles. The molecule has 0 spiro atoms. The summed E-state index contributed by atoms with van der Waals surface area (Å²) >= 11 is 0. The summed E-state index contributed by atoms with van der Waals surface area (Å²) < 4.78 is 36.0. The van der Waals surface area contributed by atoms with E-state index in [0.29, 0.717) is 62.1 Å². The van der Waals surface area contributed by atoms with Gasteiger partial charge in [-0.25, -0.2) is 17.9 Å². The van der Waals surface area contributed by atoms with Crippen molar-refractivity contribution in [3.8, 4) is 0 Å². The lowest BCUT2D eigenvalue weighted by atomic mass is 9.95. The smallest absolute Gasteiger partial charge is 0.410 e. The molecule has 3 N–H and O–H groups in total. The van der Waals surface area contributed by atoms with Gasteiger partial charge in [-0.05, 0) is 57.7 Å². The largest absolute Gasteiger partial charge is 0.444 e. The monoisotopic (exact) mass is 665 g/mol. The van der Waals surface area contributed by atoms with Crippen LogP contribution >= 0.6 is 0 Å². The number of carbonyl (C=O) groups excluding carboxylic acids is 2. The number of nitrogens with one attached hydrogen (secondary N) is 2. The Bertz CT molecular complexity index is 1700. The average molecular weight is 666 g/mol. The van der Waals surface area contributed by atoms with Crippen molar-refractivity contribution in [1.82, 2.24) is 19.4 Å². The molecule has 2 amide bonds. The number of aryl methyl sites for hydroxylation is 1. The van der Waals surface area contributed by atoms with Crippen LogP contribution in [0.1, 0.15) is 51.5 Å². The molecule has 2 unspecified atom stereocenters. The van der Waals surface area contributed by atoms with E-state index < -0.39 is 21.9 Å². The maximum absolute atomic E-state index is 13.8. The zero-order chi connectivity index (χ0) is 33.9. The van der Waals surface area contributed by atoms with Crippen LogP contribution in [-0.2, 0) is 19.6 Å². The van der Waals surface area contributed by atoms with Crippen molar-refractivity contribution in [3.05, 3.63) is 71.8 Å². The second-order valence-electron chi connectivity index (χ2n) is 13.6. The van der Waals surface area contributed by atoms with Crippen molar-refractivity contribution in [3.63, 3.8) is 0 Å². The van der Waals surface area contributed by atoms with Gasteiger partial charge in [-0.2, -0.15) is 0 Å². The summed E-state index contributed by atoms with van der Waals surface area (Å²) in [5.74, 6) is -0.0891. The molecular weight excluding hydrogens is 618 g/mol. The van der Waals surface area contributed by atoms with Crippen LogP contribution in [-0.4, -0.2) is 97.7 Å². The van der Waals surface area contributed by atoms with Gasteiger partial charge in [-0.15, -0.1) is 0 Å². The fourth-order valence-electron chi connectivity index (χ4n) is 6.27. The van der Waals surface area contributed by atoms with Crippen molar-refractivity contribution in [2.75, 3.05) is 51.1 Å². The minimum absolute atomic E-state index is 0.00541. The van der Waals surface area contributed by atoms with Crippen LogP contribution in [0.5, 0.6) is 0 Å². The lowest BCUT2D eigenvalue weighted by Gasteiger charge is -2.39. The van der Waals surface area contributed by atoms with E-state index in [1.165, 1.54) is 0 Å². The van der Waals surface area contributed by atoms with Crippen molar-refractivity contribution in [1.29, 1.82) is 0 Å². The number of nitrogens with zero attached hydrogens (tertiary/aromatic N) is 3. The number of rotatable bonds is 8. The third kappa shape index (κ3) is 8.42. The van der Waals surface area contributed by atoms with Crippen LogP contribution in [0.15, 0.2) is 65.6 Å². The highest BCUT2D eigenvalue weighted by Gasteiger charge is 2.34. The third-order valence-corrected chi connectivity index (χ3v) is 10.4. The van der Waals surface area contributed by atoms with Gasteiger partial charge in [-0.1, -0.05) is 55.5 Å². The second kappa shape index (κ2) is 14.2. The molecule has 47 heavy (non-hydrogen) atoms. The fourth-order valence-corrected chi connectivity index (χ4v) is 7.86. The topological polar surface area (TPSA) is 132 Å². The number of piperidine rings is 1. The molecule has 12 heteroatoms. The predicted molar refractivity (Wildman–Crippen MR) is 182 cm³/mol. The number of amides is 2. The average Bonchev–Trinajstić information content (AvgIpc) is 3.01. The first-order valence-electron chi connectivity index (χ1n) is 16.2. The summed E-state index contributed by atoms with van der Waals surface area (Å²) in [5, 5.41) is 15.3. The number of aliphatic hydroxyl groups excluding tert-OH is 1. The summed E-state index contributed by atoms with van der Waals surface area (Å²) in [6, 6.07) is 17.7. The quantitative estimate of drug-likeness (QED) is 0.304. The summed E-state index contributed by atoms with van der Waals surface area (Å²) in [6.07, 6.45) is -0.797. The molecule has 3 aromatic carbocycles. The molecular formula is C35H47N5O6S. The first-order chi connectivity index (χ1) is 22.2. The first kappa shape index (κ1) is 34.6. The van der Waals surface area contributed by atoms with E-state index in [1.54, 1.807) is 29.2 Å². The zero-order valence-corrected chi connectivity index (χ0v) is 28.7. The van der Waals surface area contributed by atoms with E-state index in [-0.39, 0.29) is 35.4 Å². The summed E-state index contributed by atoms with van der Waals surface area (Å²) in [5.41, 5.74) is 1.76. The first-order valence-corrected chi connectivity index (χ1v) is 17.7. The van der Waals surface area contributed by atoms with Crippen molar-refractivity contribution in [2.24, 2.45) is 5.92 Å². The Morgan fingerprint density at radius 2 is 1.60 bits per heavy atom. The number of hydrogen-bond donors (Lipinski definition) is 3. The Morgan fingerprint density at radius 3 is 2.26 bits per heavy atom. The highest BCUT2D eigenvalue weighted by atomic mass is 32.2. The maximum atomic E-state index is 13.8. The highest BCUT2D eigenvalue weighted by Crippen LogP contribution is 2.32. The molecule has 0 aliphatic carbocycles. The Morgan fingerprint density at radius 1 is 0.936 bits per heavy atom. The maximum Gasteiger partial charge on any atom is 0.410 e. The number of benzene rings is 3. The Labute approximate surface area is 277 Å². The molecule has 2 saturated heterocycles. The molecule has 5 rings (SSSR count). The van der Waals surface area contributed by atoms with E-state index in [1.807, 2.05) is 80.8 Å². The number of fused-ring (bicyclic) bond motifs is 1. The third-order valence-electron chi connectivity index (χ3n) is 8.90. The van der Waals surface area contributed by atoms with Crippen molar-refractivity contribution >= 4 is 38.5 Å². The molecule has 3 aromatic rings. The van der Waals surface area contributed by atoms with E-state index in [0.717, 1.165) is 11.1 Å². The number of anilines is 1. The van der Waals surface area contributed by atoms with Crippen LogP contribution < -0.4 is 10.0 Å². The van der Waals surface area contributed by atoms with Crippen molar-refractivity contribution in [2.45, 2.75) is 63.8 Å². The minimum Gasteiger partial charge on any atom is -0.444 e. The molecule has 2 heterocycles. The highest BCUT2D eigenvalue weighted by molar-refractivity contribution is 7.89. The number of ether oxygens (including phenoxy) is 1. The van der Waals surface area contributed by atoms with Gasteiger partial charge in [0.15, 0.2) is 6.23 Å². The summed E-state index contributed by atoms with van der Waals surface area (Å²) in [6.45, 7) is 12.8. The SMILES string of the molecule is Cc1ccccc1C(O)Nc1ccc(S(=O)(=O)NC2CCN(C(=O)CN3CCN(C(=O)OC(C)(C)C)CC3)C[C@H]2C)c2ccccc12. The predicted octanol–water partition coefficient (Wildman–Crippen LogP) is 4.32. The zero-order valence-electron chi connectivity index (χ0n) is 27.9. The van der Waals surface area contributed by atoms with Crippen LogP contribution in [0.3, 0.4) is 0 Å². The normalized spacial score (nSPS) is 20.2. The van der Waals surface area contributed by atoms with Gasteiger partial charge in [0.2, 0.25) is 15.9 Å². The molecule has 2 fully saturated rings. The molecule has 3 atom stereocenters. The lowest BCUT2D eigenvalue weighted by Crippen LogP contribution is -2.55. The molecule has 254 valence electrons. The number of sulfonamides is 1. The number of piperazine rings is 1. The van der Waals surface area contributed by atoms with E-state index >= 15 is 0 Å². The molecule has 0 bridgehead atoms. The number of likely N-dealkylation sites (tertiary alicyclic amines) is 1.